The van der Waals surface area contributed by atoms with Gasteiger partial charge in [-0.3, -0.25) is 4.79 Å². The summed E-state index contributed by atoms with van der Waals surface area (Å²) in [4.78, 5) is 11.1. The molecule has 0 saturated heterocycles. The minimum atomic E-state index is -3.51. The van der Waals surface area contributed by atoms with E-state index in [2.05, 4.69) is 10.1 Å². The summed E-state index contributed by atoms with van der Waals surface area (Å²) in [6, 6.07) is 0. The van der Waals surface area contributed by atoms with Crippen molar-refractivity contribution in [2.45, 2.75) is 19.3 Å². The number of ether oxygens (including phenoxy) is 1. The Hall–Kier alpha value is -0.800. The van der Waals surface area contributed by atoms with Gasteiger partial charge in [0.2, 0.25) is 15.9 Å². The van der Waals surface area contributed by atoms with E-state index < -0.39 is 23.1 Å². The molecule has 0 aliphatic rings. The second-order valence-electron chi connectivity index (χ2n) is 3.29. The average Bonchev–Trinajstić information content (AvgIpc) is 2.18. The molecule has 0 aromatic carbocycles. The molecule has 0 aromatic heterocycles. The fourth-order valence-electron chi connectivity index (χ4n) is 0.927. The van der Waals surface area contributed by atoms with Gasteiger partial charge in [0.25, 0.3) is 6.43 Å². The molecule has 0 fully saturated rings. The lowest BCUT2D eigenvalue weighted by atomic mass is 10.4. The van der Waals surface area contributed by atoms with Crippen molar-refractivity contribution in [3.05, 3.63) is 0 Å². The number of nitrogens with two attached hydrogens (primary N) is 1. The van der Waals surface area contributed by atoms with Crippen LogP contribution >= 0.6 is 0 Å². The molecule has 0 bridgehead atoms. The minimum absolute atomic E-state index is 0.0396. The number of hydrogen-bond donors (Lipinski definition) is 2. The quantitative estimate of drug-likeness (QED) is 0.551. The lowest BCUT2D eigenvalue weighted by Crippen LogP contribution is -2.28. The van der Waals surface area contributed by atoms with Crippen LogP contribution in [0.1, 0.15) is 12.8 Å². The molecule has 0 atom stereocenters. The molecule has 0 unspecified atom stereocenters. The van der Waals surface area contributed by atoms with E-state index in [1.807, 2.05) is 0 Å². The van der Waals surface area contributed by atoms with Crippen LogP contribution in [-0.4, -0.2) is 46.3 Å². The van der Waals surface area contributed by atoms with Gasteiger partial charge in [-0.1, -0.05) is 0 Å². The molecule has 0 aliphatic carbocycles. The Kier molecular flexibility index (Phi) is 7.92. The van der Waals surface area contributed by atoms with Gasteiger partial charge >= 0.3 is 0 Å². The van der Waals surface area contributed by atoms with Crippen LogP contribution in [0.2, 0.25) is 0 Å². The molecule has 17 heavy (non-hydrogen) atoms. The first kappa shape index (κ1) is 16.2. The van der Waals surface area contributed by atoms with E-state index in [4.69, 9.17) is 5.14 Å². The molecule has 1 amide bonds. The van der Waals surface area contributed by atoms with Gasteiger partial charge in [0, 0.05) is 13.0 Å². The molecular weight excluding hydrogens is 258 g/mol. The predicted molar refractivity (Wildman–Crippen MR) is 57.0 cm³/mol. The molecule has 0 heterocycles. The molecule has 9 heteroatoms. The first-order chi connectivity index (χ1) is 7.81. The normalized spacial score (nSPS) is 11.8. The smallest absolute Gasteiger partial charge is 0.261 e. The first-order valence-electron chi connectivity index (χ1n) is 4.94. The van der Waals surface area contributed by atoms with Gasteiger partial charge in [-0.15, -0.1) is 0 Å². The molecule has 0 rings (SSSR count). The standard InChI is InChI=1S/C8H16F2N2O4S/c9-7(10)6-16-4-2-8(13)12-3-1-5-17(11,14)15/h7H,1-6H2,(H,12,13)(H2,11,14,15). The monoisotopic (exact) mass is 274 g/mol. The highest BCUT2D eigenvalue weighted by atomic mass is 32.2. The zero-order valence-electron chi connectivity index (χ0n) is 9.19. The van der Waals surface area contributed by atoms with E-state index in [9.17, 15) is 22.0 Å². The number of hydrogen-bond acceptors (Lipinski definition) is 4. The molecular formula is C8H16F2N2O4S. The van der Waals surface area contributed by atoms with Gasteiger partial charge in [0.05, 0.1) is 12.4 Å². The summed E-state index contributed by atoms with van der Waals surface area (Å²) in [5.74, 6) is -0.594. The summed E-state index contributed by atoms with van der Waals surface area (Å²) in [5.41, 5.74) is 0. The zero-order chi connectivity index (χ0) is 13.3. The fourth-order valence-corrected chi connectivity index (χ4v) is 1.47. The molecule has 0 radical (unpaired) electrons. The SMILES string of the molecule is NS(=O)(=O)CCCNC(=O)CCOCC(F)F. The highest BCUT2D eigenvalue weighted by molar-refractivity contribution is 7.89. The molecule has 3 N–H and O–H groups in total. The number of nitrogens with one attached hydrogen (secondary N) is 1. The summed E-state index contributed by atoms with van der Waals surface area (Å²) in [6.45, 7) is -0.617. The zero-order valence-corrected chi connectivity index (χ0v) is 10.0. The van der Waals surface area contributed by atoms with Crippen LogP contribution in [0, 0.1) is 0 Å². The van der Waals surface area contributed by atoms with Crippen LogP contribution < -0.4 is 10.5 Å². The summed E-state index contributed by atoms with van der Waals surface area (Å²) < 4.78 is 48.8. The number of amides is 1. The minimum Gasteiger partial charge on any atom is -0.375 e. The fraction of sp³-hybridized carbons (Fsp3) is 0.875. The van der Waals surface area contributed by atoms with Gasteiger partial charge in [-0.25, -0.2) is 22.3 Å². The number of carbonyl (C=O) groups excluding carboxylic acids is 1. The lowest BCUT2D eigenvalue weighted by molar-refractivity contribution is -0.122. The summed E-state index contributed by atoms with van der Waals surface area (Å²) in [7, 11) is -3.51. The van der Waals surface area contributed by atoms with E-state index in [1.165, 1.54) is 0 Å². The maximum atomic E-state index is 11.6. The predicted octanol–water partition coefficient (Wildman–Crippen LogP) is -0.547. The Morgan fingerprint density at radius 2 is 2.06 bits per heavy atom. The third-order valence-electron chi connectivity index (χ3n) is 1.65. The summed E-state index contributed by atoms with van der Waals surface area (Å²) in [5, 5.41) is 7.16. The van der Waals surface area contributed by atoms with Crippen LogP contribution in [0.5, 0.6) is 0 Å². The van der Waals surface area contributed by atoms with E-state index in [0.29, 0.717) is 0 Å². The Labute approximate surface area is 98.6 Å². The van der Waals surface area contributed by atoms with Gasteiger partial charge < -0.3 is 10.1 Å². The van der Waals surface area contributed by atoms with Crippen molar-refractivity contribution in [3.8, 4) is 0 Å². The largest absolute Gasteiger partial charge is 0.375 e. The molecule has 0 spiro atoms. The number of halogens is 2. The van der Waals surface area contributed by atoms with Crippen molar-refractivity contribution in [3.63, 3.8) is 0 Å². The second-order valence-corrected chi connectivity index (χ2v) is 5.02. The van der Waals surface area contributed by atoms with Crippen molar-refractivity contribution < 1.29 is 26.7 Å². The lowest BCUT2D eigenvalue weighted by Gasteiger charge is -2.05. The van der Waals surface area contributed by atoms with Crippen LogP contribution in [0.15, 0.2) is 0 Å². The van der Waals surface area contributed by atoms with Crippen LogP contribution in [0.25, 0.3) is 0 Å². The van der Waals surface area contributed by atoms with Gasteiger partial charge in [-0.05, 0) is 6.42 Å². The maximum Gasteiger partial charge on any atom is 0.261 e. The molecule has 6 nitrogen and oxygen atoms in total. The van der Waals surface area contributed by atoms with Crippen molar-refractivity contribution in [1.82, 2.24) is 5.32 Å². The Balaban J connectivity index is 3.41. The van der Waals surface area contributed by atoms with E-state index in [-0.39, 0.29) is 37.7 Å². The third-order valence-corrected chi connectivity index (χ3v) is 2.50. The number of primary sulfonamides is 1. The Bertz CT molecular complexity index is 321. The van der Waals surface area contributed by atoms with E-state index in [0.717, 1.165) is 0 Å². The molecule has 0 aliphatic heterocycles. The van der Waals surface area contributed by atoms with E-state index >= 15 is 0 Å². The van der Waals surface area contributed by atoms with Gasteiger partial charge in [0.15, 0.2) is 0 Å². The maximum absolute atomic E-state index is 11.6. The first-order valence-corrected chi connectivity index (χ1v) is 6.66. The summed E-state index contributed by atoms with van der Waals surface area (Å²) >= 11 is 0. The number of carbonyl (C=O) groups is 1. The van der Waals surface area contributed by atoms with Crippen molar-refractivity contribution in [2.24, 2.45) is 5.14 Å². The Morgan fingerprint density at radius 3 is 2.59 bits per heavy atom. The van der Waals surface area contributed by atoms with Gasteiger partial charge in [0.1, 0.15) is 6.61 Å². The average molecular weight is 274 g/mol. The highest BCUT2D eigenvalue weighted by Gasteiger charge is 2.05. The van der Waals surface area contributed by atoms with Crippen molar-refractivity contribution >= 4 is 15.9 Å². The van der Waals surface area contributed by atoms with Crippen LogP contribution in [0.4, 0.5) is 8.78 Å². The molecule has 102 valence electrons. The topological polar surface area (TPSA) is 98.5 Å². The Morgan fingerprint density at radius 1 is 1.41 bits per heavy atom. The summed E-state index contributed by atoms with van der Waals surface area (Å²) in [6.07, 6.45) is -2.38. The van der Waals surface area contributed by atoms with Crippen molar-refractivity contribution in [2.75, 3.05) is 25.5 Å². The number of rotatable bonds is 9. The van der Waals surface area contributed by atoms with Gasteiger partial charge in [-0.2, -0.15) is 0 Å². The van der Waals surface area contributed by atoms with Crippen LogP contribution in [-0.2, 0) is 19.6 Å². The highest BCUT2D eigenvalue weighted by Crippen LogP contribution is 1.93. The second kappa shape index (κ2) is 8.31. The molecule has 0 aromatic rings. The number of sulfonamides is 1. The van der Waals surface area contributed by atoms with Crippen LogP contribution in [0.3, 0.4) is 0 Å². The van der Waals surface area contributed by atoms with E-state index in [1.54, 1.807) is 0 Å². The molecule has 0 saturated carbocycles. The third kappa shape index (κ3) is 13.1. The van der Waals surface area contributed by atoms with Crippen molar-refractivity contribution in [1.29, 1.82) is 0 Å². The number of alkyl halides is 2.